The van der Waals surface area contributed by atoms with Crippen LogP contribution in [0, 0.1) is 0 Å². The first-order valence-corrected chi connectivity index (χ1v) is 3.93. The lowest BCUT2D eigenvalue weighted by atomic mass is 10.3. The van der Waals surface area contributed by atoms with Crippen molar-refractivity contribution in [3.05, 3.63) is 24.5 Å². The average molecular weight is 188 g/mol. The molecule has 0 aromatic carbocycles. The van der Waals surface area contributed by atoms with Crippen molar-refractivity contribution >= 4 is 11.9 Å². The number of hydrogen-bond acceptors (Lipinski definition) is 6. The van der Waals surface area contributed by atoms with Gasteiger partial charge in [-0.05, 0) is 12.1 Å². The number of nitrogens with zero attached hydrogens (tertiary/aromatic N) is 4. The van der Waals surface area contributed by atoms with Gasteiger partial charge in [0.1, 0.15) is 0 Å². The number of hydrogen-bond donors (Lipinski definition) is 2. The van der Waals surface area contributed by atoms with E-state index in [4.69, 9.17) is 11.5 Å². The molecule has 0 bridgehead atoms. The number of anilines is 2. The highest BCUT2D eigenvalue weighted by Crippen LogP contribution is 2.13. The smallest absolute Gasteiger partial charge is 0.225 e. The number of rotatable bonds is 1. The molecule has 14 heavy (non-hydrogen) atoms. The molecule has 0 aliphatic rings. The molecular weight excluding hydrogens is 180 g/mol. The SMILES string of the molecule is Nc1nc(N)nc(-c2cccnc2)n1. The second-order valence-electron chi connectivity index (χ2n) is 2.62. The maximum Gasteiger partial charge on any atom is 0.225 e. The summed E-state index contributed by atoms with van der Waals surface area (Å²) in [6.45, 7) is 0. The fourth-order valence-corrected chi connectivity index (χ4v) is 1.03. The van der Waals surface area contributed by atoms with E-state index >= 15 is 0 Å². The first-order chi connectivity index (χ1) is 6.75. The summed E-state index contributed by atoms with van der Waals surface area (Å²) in [4.78, 5) is 15.5. The Morgan fingerprint density at radius 2 is 1.71 bits per heavy atom. The summed E-state index contributed by atoms with van der Waals surface area (Å²) in [5.41, 5.74) is 11.6. The summed E-state index contributed by atoms with van der Waals surface area (Å²) >= 11 is 0. The van der Waals surface area contributed by atoms with E-state index < -0.39 is 0 Å². The molecule has 0 saturated heterocycles. The van der Waals surface area contributed by atoms with Crippen LogP contribution in [0.2, 0.25) is 0 Å². The van der Waals surface area contributed by atoms with Crippen molar-refractivity contribution in [2.24, 2.45) is 0 Å². The molecule has 0 saturated carbocycles. The molecule has 2 aromatic rings. The summed E-state index contributed by atoms with van der Waals surface area (Å²) in [5.74, 6) is 0.649. The van der Waals surface area contributed by atoms with Gasteiger partial charge < -0.3 is 11.5 Å². The maximum atomic E-state index is 5.43. The van der Waals surface area contributed by atoms with Crippen LogP contribution in [0.15, 0.2) is 24.5 Å². The minimum Gasteiger partial charge on any atom is -0.368 e. The minimum absolute atomic E-state index is 0.108. The maximum absolute atomic E-state index is 5.43. The van der Waals surface area contributed by atoms with Crippen molar-refractivity contribution in [3.63, 3.8) is 0 Å². The first kappa shape index (κ1) is 8.36. The number of pyridine rings is 1. The fraction of sp³-hybridized carbons (Fsp3) is 0. The van der Waals surface area contributed by atoms with Gasteiger partial charge in [0.2, 0.25) is 11.9 Å². The standard InChI is InChI=1S/C8H8N6/c9-7-12-6(13-8(10)14-7)5-2-1-3-11-4-5/h1-4H,(H4,9,10,12,13,14). The monoisotopic (exact) mass is 188 g/mol. The van der Waals surface area contributed by atoms with Crippen molar-refractivity contribution in [1.82, 2.24) is 19.9 Å². The van der Waals surface area contributed by atoms with Crippen LogP contribution in [-0.2, 0) is 0 Å². The number of nitrogens with two attached hydrogens (primary N) is 2. The molecule has 0 atom stereocenters. The molecule has 6 heteroatoms. The van der Waals surface area contributed by atoms with Gasteiger partial charge in [-0.15, -0.1) is 0 Å². The van der Waals surface area contributed by atoms with E-state index in [2.05, 4.69) is 19.9 Å². The van der Waals surface area contributed by atoms with Crippen LogP contribution >= 0.6 is 0 Å². The number of aromatic nitrogens is 4. The summed E-state index contributed by atoms with van der Waals surface area (Å²) in [6.07, 6.45) is 3.30. The van der Waals surface area contributed by atoms with Crippen molar-refractivity contribution < 1.29 is 0 Å². The fourth-order valence-electron chi connectivity index (χ4n) is 1.03. The molecular formula is C8H8N6. The van der Waals surface area contributed by atoms with E-state index in [1.165, 1.54) is 0 Å². The van der Waals surface area contributed by atoms with Gasteiger partial charge >= 0.3 is 0 Å². The lowest BCUT2D eigenvalue weighted by Gasteiger charge is -2.00. The Balaban J connectivity index is 2.52. The van der Waals surface area contributed by atoms with Gasteiger partial charge in [-0.25, -0.2) is 0 Å². The van der Waals surface area contributed by atoms with Gasteiger partial charge in [-0.1, -0.05) is 0 Å². The Labute approximate surface area is 80.0 Å². The summed E-state index contributed by atoms with van der Waals surface area (Å²) in [5, 5.41) is 0. The normalized spacial score (nSPS) is 10.0. The van der Waals surface area contributed by atoms with E-state index in [1.807, 2.05) is 6.07 Å². The quantitative estimate of drug-likeness (QED) is 0.657. The molecule has 0 radical (unpaired) electrons. The second kappa shape index (κ2) is 3.25. The van der Waals surface area contributed by atoms with Crippen LogP contribution < -0.4 is 11.5 Å². The molecule has 0 spiro atoms. The predicted molar refractivity (Wildman–Crippen MR) is 51.9 cm³/mol. The third-order valence-corrected chi connectivity index (χ3v) is 1.59. The van der Waals surface area contributed by atoms with Crippen molar-refractivity contribution in [2.75, 3.05) is 11.5 Å². The van der Waals surface area contributed by atoms with Gasteiger partial charge in [-0.3, -0.25) is 4.98 Å². The summed E-state index contributed by atoms with van der Waals surface area (Å²) in [6, 6.07) is 3.60. The Hall–Kier alpha value is -2.24. The molecule has 70 valence electrons. The van der Waals surface area contributed by atoms with Crippen molar-refractivity contribution in [1.29, 1.82) is 0 Å². The largest absolute Gasteiger partial charge is 0.368 e. The van der Waals surface area contributed by atoms with E-state index in [-0.39, 0.29) is 11.9 Å². The average Bonchev–Trinajstić information content (AvgIpc) is 2.18. The molecule has 6 nitrogen and oxygen atoms in total. The Morgan fingerprint density at radius 1 is 1.00 bits per heavy atom. The van der Waals surface area contributed by atoms with Gasteiger partial charge in [0, 0.05) is 18.0 Å². The van der Waals surface area contributed by atoms with Gasteiger partial charge in [-0.2, -0.15) is 15.0 Å². The second-order valence-corrected chi connectivity index (χ2v) is 2.62. The van der Waals surface area contributed by atoms with E-state index in [0.717, 1.165) is 5.56 Å². The zero-order chi connectivity index (χ0) is 9.97. The highest BCUT2D eigenvalue weighted by atomic mass is 15.1. The Kier molecular flexibility index (Phi) is 1.94. The van der Waals surface area contributed by atoms with E-state index in [1.54, 1.807) is 18.5 Å². The van der Waals surface area contributed by atoms with Crippen LogP contribution in [0.25, 0.3) is 11.4 Å². The molecule has 0 fully saturated rings. The minimum atomic E-state index is 0.108. The zero-order valence-corrected chi connectivity index (χ0v) is 7.25. The van der Waals surface area contributed by atoms with Crippen molar-refractivity contribution in [3.8, 4) is 11.4 Å². The third kappa shape index (κ3) is 1.58. The molecule has 0 aliphatic heterocycles. The third-order valence-electron chi connectivity index (χ3n) is 1.59. The highest BCUT2D eigenvalue weighted by molar-refractivity contribution is 5.55. The van der Waals surface area contributed by atoms with Gasteiger partial charge in [0.15, 0.2) is 5.82 Å². The molecule has 0 unspecified atom stereocenters. The number of nitrogen functional groups attached to an aromatic ring is 2. The van der Waals surface area contributed by atoms with Crippen LogP contribution in [0.4, 0.5) is 11.9 Å². The molecule has 0 amide bonds. The molecule has 0 aliphatic carbocycles. The molecule has 4 N–H and O–H groups in total. The van der Waals surface area contributed by atoms with E-state index in [9.17, 15) is 0 Å². The molecule has 2 heterocycles. The van der Waals surface area contributed by atoms with Crippen LogP contribution in [0.3, 0.4) is 0 Å². The Morgan fingerprint density at radius 3 is 2.29 bits per heavy atom. The molecule has 2 aromatic heterocycles. The van der Waals surface area contributed by atoms with Crippen LogP contribution in [-0.4, -0.2) is 19.9 Å². The zero-order valence-electron chi connectivity index (χ0n) is 7.25. The predicted octanol–water partition coefficient (Wildman–Crippen LogP) is 0.0980. The highest BCUT2D eigenvalue weighted by Gasteiger charge is 2.03. The first-order valence-electron chi connectivity index (χ1n) is 3.93. The summed E-state index contributed by atoms with van der Waals surface area (Å²) in [7, 11) is 0. The van der Waals surface area contributed by atoms with Gasteiger partial charge in [0.25, 0.3) is 0 Å². The van der Waals surface area contributed by atoms with Crippen LogP contribution in [0.5, 0.6) is 0 Å². The Bertz CT molecular complexity index is 421. The van der Waals surface area contributed by atoms with Crippen LogP contribution in [0.1, 0.15) is 0 Å². The van der Waals surface area contributed by atoms with E-state index in [0.29, 0.717) is 5.82 Å². The lowest BCUT2D eigenvalue weighted by Crippen LogP contribution is -2.04. The lowest BCUT2D eigenvalue weighted by molar-refractivity contribution is 1.08. The van der Waals surface area contributed by atoms with Crippen molar-refractivity contribution in [2.45, 2.75) is 0 Å². The topological polar surface area (TPSA) is 104 Å². The summed E-state index contributed by atoms with van der Waals surface area (Å²) < 4.78 is 0. The van der Waals surface area contributed by atoms with Gasteiger partial charge in [0.05, 0.1) is 0 Å². The molecule has 2 rings (SSSR count).